The third kappa shape index (κ3) is 4.65. The van der Waals surface area contributed by atoms with Gasteiger partial charge in [0.15, 0.2) is 0 Å². The summed E-state index contributed by atoms with van der Waals surface area (Å²) >= 11 is 4.86. The van der Waals surface area contributed by atoms with Gasteiger partial charge < -0.3 is 10.4 Å². The van der Waals surface area contributed by atoms with E-state index in [2.05, 4.69) is 86.6 Å². The van der Waals surface area contributed by atoms with Crippen LogP contribution in [0.15, 0.2) is 41.2 Å². The minimum atomic E-state index is 0.371. The molecule has 7 rings (SSSR count). The second-order valence-corrected chi connectivity index (χ2v) is 14.7. The number of aliphatic hydroxyl groups excluding tert-OH is 1. The number of rotatable bonds is 7. The molecule has 1 aromatic carbocycles. The lowest BCUT2D eigenvalue weighted by molar-refractivity contribution is 0.0612. The van der Waals surface area contributed by atoms with Gasteiger partial charge in [-0.05, 0) is 157 Å². The van der Waals surface area contributed by atoms with Crippen LogP contribution in [0.25, 0.3) is 0 Å². The Hall–Kier alpha value is -0.120. The number of hydrogen-bond donors (Lipinski definition) is 2. The third-order valence-electron chi connectivity index (χ3n) is 9.82. The average Bonchev–Trinajstić information content (AvgIpc) is 3.40. The molecule has 0 spiro atoms. The quantitative estimate of drug-likeness (QED) is 0.303. The van der Waals surface area contributed by atoms with Crippen LogP contribution in [0.2, 0.25) is 0 Å². The molecular weight excluding hydrogens is 646 g/mol. The molecule has 6 aliphatic rings. The number of halogens is 2. The standard InChI is InChI=1S/C29H38I2N2O/c1-18-5-23(28(34)27(6-18)29-12-19-7-21(13-29)22(8-19)14-29)15-32-16-26-3-2-4-33(26)17-20-9-24(30)11-25(31)10-20/h5,9-11,19,21-22,26-27,32,34H,2-4,6-8,12-17H2,1H3. The molecule has 1 aromatic rings. The molecule has 4 unspecified atom stereocenters. The fraction of sp³-hybridized carbons (Fsp3) is 0.655. The van der Waals surface area contributed by atoms with E-state index < -0.39 is 0 Å². The SMILES string of the molecule is CC1=CC(CNCC2CCCN2Cc2cc(I)cc(I)c2)=C(O)C(C23CC4CC(C2)C(C4)C3)C1. The van der Waals surface area contributed by atoms with Crippen LogP contribution in [0.3, 0.4) is 0 Å². The van der Waals surface area contributed by atoms with E-state index in [9.17, 15) is 5.11 Å². The van der Waals surface area contributed by atoms with Crippen molar-refractivity contribution in [2.24, 2.45) is 29.1 Å². The van der Waals surface area contributed by atoms with Crippen molar-refractivity contribution in [2.75, 3.05) is 19.6 Å². The Bertz CT molecular complexity index is 978. The van der Waals surface area contributed by atoms with Crippen molar-refractivity contribution in [2.45, 2.75) is 70.9 Å². The van der Waals surface area contributed by atoms with E-state index in [4.69, 9.17) is 0 Å². The highest BCUT2D eigenvalue weighted by atomic mass is 127. The maximum Gasteiger partial charge on any atom is 0.101 e. The van der Waals surface area contributed by atoms with Crippen LogP contribution in [0.5, 0.6) is 0 Å². The number of nitrogens with one attached hydrogen (secondary N) is 1. The second kappa shape index (κ2) is 9.64. The molecular formula is C29H38I2N2O. The van der Waals surface area contributed by atoms with Crippen LogP contribution in [-0.2, 0) is 6.54 Å². The molecule has 0 radical (unpaired) electrons. The van der Waals surface area contributed by atoms with E-state index in [0.717, 1.165) is 49.6 Å². The van der Waals surface area contributed by atoms with Gasteiger partial charge >= 0.3 is 0 Å². The molecule has 4 atom stereocenters. The monoisotopic (exact) mass is 684 g/mol. The molecule has 1 aliphatic heterocycles. The van der Waals surface area contributed by atoms with Crippen molar-refractivity contribution in [3.63, 3.8) is 0 Å². The van der Waals surface area contributed by atoms with E-state index in [1.807, 2.05) is 0 Å². The van der Waals surface area contributed by atoms with E-state index >= 15 is 0 Å². The van der Waals surface area contributed by atoms with Gasteiger partial charge in [-0.2, -0.15) is 0 Å². The molecule has 5 heteroatoms. The Morgan fingerprint density at radius 3 is 2.53 bits per heavy atom. The summed E-state index contributed by atoms with van der Waals surface area (Å²) in [6.07, 6.45) is 13.0. The summed E-state index contributed by atoms with van der Waals surface area (Å²) in [6.45, 7) is 6.33. The smallest absolute Gasteiger partial charge is 0.101 e. The van der Waals surface area contributed by atoms with Crippen molar-refractivity contribution in [1.82, 2.24) is 10.2 Å². The number of aliphatic hydroxyl groups is 1. The highest BCUT2D eigenvalue weighted by molar-refractivity contribution is 14.1. The lowest BCUT2D eigenvalue weighted by Gasteiger charge is -2.45. The minimum absolute atomic E-state index is 0.371. The van der Waals surface area contributed by atoms with Crippen molar-refractivity contribution < 1.29 is 5.11 Å². The van der Waals surface area contributed by atoms with Crippen molar-refractivity contribution in [3.8, 4) is 0 Å². The fourth-order valence-electron chi connectivity index (χ4n) is 8.67. The summed E-state index contributed by atoms with van der Waals surface area (Å²) in [7, 11) is 0. The number of benzene rings is 1. The predicted molar refractivity (Wildman–Crippen MR) is 156 cm³/mol. The number of hydrogen-bond acceptors (Lipinski definition) is 3. The highest BCUT2D eigenvalue weighted by Gasteiger charge is 2.59. The van der Waals surface area contributed by atoms with Crippen LogP contribution in [0.1, 0.15) is 63.9 Å². The first kappa shape index (κ1) is 24.2. The van der Waals surface area contributed by atoms with E-state index in [-0.39, 0.29) is 0 Å². The summed E-state index contributed by atoms with van der Waals surface area (Å²) in [5.41, 5.74) is 4.46. The molecule has 184 valence electrons. The van der Waals surface area contributed by atoms with E-state index in [0.29, 0.717) is 17.4 Å². The van der Waals surface area contributed by atoms with Gasteiger partial charge in [0, 0.05) is 44.3 Å². The largest absolute Gasteiger partial charge is 0.512 e. The first-order chi connectivity index (χ1) is 16.4. The van der Waals surface area contributed by atoms with Gasteiger partial charge in [0.25, 0.3) is 0 Å². The van der Waals surface area contributed by atoms with Crippen LogP contribution in [0, 0.1) is 36.2 Å². The molecule has 2 N–H and O–H groups in total. The zero-order valence-corrected chi connectivity index (χ0v) is 24.6. The van der Waals surface area contributed by atoms with Crippen molar-refractivity contribution in [3.05, 3.63) is 53.9 Å². The summed E-state index contributed by atoms with van der Waals surface area (Å²) in [5, 5.41) is 15.3. The van der Waals surface area contributed by atoms with Gasteiger partial charge in [-0.15, -0.1) is 0 Å². The molecule has 3 nitrogen and oxygen atoms in total. The molecule has 4 saturated carbocycles. The summed E-state index contributed by atoms with van der Waals surface area (Å²) in [5.74, 6) is 3.98. The Kier molecular flexibility index (Phi) is 6.87. The summed E-state index contributed by atoms with van der Waals surface area (Å²) in [4.78, 5) is 2.65. The van der Waals surface area contributed by atoms with Crippen molar-refractivity contribution in [1.29, 1.82) is 0 Å². The Morgan fingerprint density at radius 1 is 1.09 bits per heavy atom. The number of nitrogens with zero attached hydrogens (tertiary/aromatic N) is 1. The van der Waals surface area contributed by atoms with Crippen molar-refractivity contribution >= 4 is 45.2 Å². The van der Waals surface area contributed by atoms with Gasteiger partial charge in [0.2, 0.25) is 0 Å². The lowest BCUT2D eigenvalue weighted by Crippen LogP contribution is -2.40. The van der Waals surface area contributed by atoms with Gasteiger partial charge in [0.05, 0.1) is 0 Å². The van der Waals surface area contributed by atoms with Crippen LogP contribution in [-0.4, -0.2) is 35.7 Å². The van der Waals surface area contributed by atoms with Gasteiger partial charge in [-0.25, -0.2) is 0 Å². The number of likely N-dealkylation sites (tertiary alicyclic amines) is 1. The molecule has 34 heavy (non-hydrogen) atoms. The summed E-state index contributed by atoms with van der Waals surface area (Å²) < 4.78 is 2.65. The van der Waals surface area contributed by atoms with Gasteiger partial charge in [-0.3, -0.25) is 4.90 Å². The highest BCUT2D eigenvalue weighted by Crippen LogP contribution is 2.68. The van der Waals surface area contributed by atoms with Crippen LogP contribution < -0.4 is 5.32 Å². The molecule has 0 aromatic heterocycles. The molecule has 5 fully saturated rings. The molecule has 0 amide bonds. The zero-order valence-electron chi connectivity index (χ0n) is 20.3. The minimum Gasteiger partial charge on any atom is -0.512 e. The average molecular weight is 684 g/mol. The maximum absolute atomic E-state index is 11.5. The molecule has 4 bridgehead atoms. The Balaban J connectivity index is 1.10. The van der Waals surface area contributed by atoms with Crippen LogP contribution >= 0.6 is 45.2 Å². The first-order valence-corrected chi connectivity index (χ1v) is 15.5. The van der Waals surface area contributed by atoms with Gasteiger partial charge in [-0.1, -0.05) is 11.6 Å². The first-order valence-electron chi connectivity index (χ1n) is 13.4. The van der Waals surface area contributed by atoms with Gasteiger partial charge in [0.1, 0.15) is 5.76 Å². The summed E-state index contributed by atoms with van der Waals surface area (Å²) in [6, 6.07) is 7.48. The van der Waals surface area contributed by atoms with E-state index in [1.54, 1.807) is 0 Å². The Morgan fingerprint density at radius 2 is 1.82 bits per heavy atom. The Labute approximate surface area is 232 Å². The fourth-order valence-corrected chi connectivity index (χ4v) is 10.7. The normalized spacial score (nSPS) is 37.1. The number of allylic oxidation sites excluding steroid dienone is 2. The third-order valence-corrected chi connectivity index (χ3v) is 11.1. The zero-order chi connectivity index (χ0) is 23.4. The van der Waals surface area contributed by atoms with E-state index in [1.165, 1.54) is 75.3 Å². The maximum atomic E-state index is 11.5. The second-order valence-electron chi connectivity index (χ2n) is 12.2. The predicted octanol–water partition coefficient (Wildman–Crippen LogP) is 7.05. The molecule has 1 saturated heterocycles. The van der Waals surface area contributed by atoms with Crippen LogP contribution in [0.4, 0.5) is 0 Å². The lowest BCUT2D eigenvalue weighted by atomic mass is 9.59. The topological polar surface area (TPSA) is 35.5 Å². The molecule has 5 aliphatic carbocycles. The molecule has 1 heterocycles.